The third-order valence-electron chi connectivity index (χ3n) is 3.56. The summed E-state index contributed by atoms with van der Waals surface area (Å²) in [4.78, 5) is 27.0. The molecule has 1 saturated heterocycles. The number of hydrogen-bond acceptors (Lipinski definition) is 4. The lowest BCUT2D eigenvalue weighted by atomic mass is 10.2. The van der Waals surface area contributed by atoms with Gasteiger partial charge in [0.15, 0.2) is 0 Å². The van der Waals surface area contributed by atoms with Gasteiger partial charge in [-0.25, -0.2) is 4.90 Å². The van der Waals surface area contributed by atoms with Crippen molar-refractivity contribution in [3.05, 3.63) is 54.1 Å². The fourth-order valence-electron chi connectivity index (χ4n) is 2.37. The quantitative estimate of drug-likeness (QED) is 0.699. The molecule has 1 aliphatic rings. The molecule has 1 heterocycles. The highest BCUT2D eigenvalue weighted by molar-refractivity contribution is 8.00. The summed E-state index contributed by atoms with van der Waals surface area (Å²) in [6.07, 6.45) is 0.224. The number of nitrogens with zero attached hydrogens (tertiary/aromatic N) is 1. The average molecular weight is 312 g/mol. The van der Waals surface area contributed by atoms with Gasteiger partial charge in [-0.2, -0.15) is 0 Å². The van der Waals surface area contributed by atoms with Gasteiger partial charge in [-0.15, -0.1) is 11.8 Å². The van der Waals surface area contributed by atoms with Gasteiger partial charge >= 0.3 is 0 Å². The van der Waals surface area contributed by atoms with E-state index >= 15 is 0 Å². The van der Waals surface area contributed by atoms with Crippen LogP contribution in [0.2, 0.25) is 0 Å². The Kier molecular flexibility index (Phi) is 3.90. The molecule has 0 radical (unpaired) electrons. The molecule has 0 unspecified atom stereocenters. The minimum atomic E-state index is -0.377. The molecular formula is C17H16N2O2S. The third kappa shape index (κ3) is 2.85. The summed E-state index contributed by atoms with van der Waals surface area (Å²) in [6.45, 7) is 1.97. The zero-order valence-electron chi connectivity index (χ0n) is 12.2. The summed E-state index contributed by atoms with van der Waals surface area (Å²) in [5.74, 6) is -0.308. The molecule has 2 N–H and O–H groups in total. The van der Waals surface area contributed by atoms with Crippen LogP contribution >= 0.6 is 11.8 Å². The number of amides is 2. The fraction of sp³-hybridized carbons (Fsp3) is 0.176. The first-order chi connectivity index (χ1) is 10.5. The predicted octanol–water partition coefficient (Wildman–Crippen LogP) is 3.00. The van der Waals surface area contributed by atoms with E-state index in [1.165, 1.54) is 16.7 Å². The molecule has 1 fully saturated rings. The van der Waals surface area contributed by atoms with Crippen molar-refractivity contribution in [2.75, 3.05) is 10.6 Å². The van der Waals surface area contributed by atoms with Crippen molar-refractivity contribution in [1.82, 2.24) is 0 Å². The van der Waals surface area contributed by atoms with E-state index in [9.17, 15) is 9.59 Å². The third-order valence-corrected chi connectivity index (χ3v) is 4.75. The van der Waals surface area contributed by atoms with Crippen molar-refractivity contribution in [2.24, 2.45) is 0 Å². The van der Waals surface area contributed by atoms with Crippen molar-refractivity contribution < 1.29 is 9.59 Å². The number of anilines is 2. The highest BCUT2D eigenvalue weighted by atomic mass is 32.2. The van der Waals surface area contributed by atoms with Crippen molar-refractivity contribution in [1.29, 1.82) is 0 Å². The van der Waals surface area contributed by atoms with Gasteiger partial charge in [-0.1, -0.05) is 17.7 Å². The topological polar surface area (TPSA) is 63.4 Å². The summed E-state index contributed by atoms with van der Waals surface area (Å²) < 4.78 is 0. The summed E-state index contributed by atoms with van der Waals surface area (Å²) in [7, 11) is 0. The van der Waals surface area contributed by atoms with E-state index in [-0.39, 0.29) is 23.5 Å². The van der Waals surface area contributed by atoms with Crippen molar-refractivity contribution >= 4 is 35.0 Å². The first-order valence-electron chi connectivity index (χ1n) is 7.00. The maximum Gasteiger partial charge on any atom is 0.247 e. The first-order valence-corrected chi connectivity index (χ1v) is 7.88. The maximum absolute atomic E-state index is 12.5. The zero-order chi connectivity index (χ0) is 15.7. The highest BCUT2D eigenvalue weighted by Crippen LogP contribution is 2.34. The molecule has 5 heteroatoms. The van der Waals surface area contributed by atoms with Gasteiger partial charge in [0.1, 0.15) is 0 Å². The predicted molar refractivity (Wildman–Crippen MR) is 88.8 cm³/mol. The second kappa shape index (κ2) is 5.85. The monoisotopic (exact) mass is 312 g/mol. The number of nitrogens with two attached hydrogens (primary N) is 1. The van der Waals surface area contributed by atoms with Crippen molar-refractivity contribution in [3.63, 3.8) is 0 Å². The highest BCUT2D eigenvalue weighted by Gasteiger charge is 2.40. The number of benzene rings is 2. The number of imide groups is 1. The first kappa shape index (κ1) is 14.7. The van der Waals surface area contributed by atoms with E-state index in [1.807, 2.05) is 31.2 Å². The largest absolute Gasteiger partial charge is 0.399 e. The van der Waals surface area contributed by atoms with E-state index in [0.29, 0.717) is 11.4 Å². The molecule has 3 rings (SSSR count). The zero-order valence-corrected chi connectivity index (χ0v) is 13.0. The van der Waals surface area contributed by atoms with Gasteiger partial charge in [-0.3, -0.25) is 9.59 Å². The van der Waals surface area contributed by atoms with Gasteiger partial charge in [0.05, 0.1) is 10.9 Å². The number of thioether (sulfide) groups is 1. The van der Waals surface area contributed by atoms with Crippen LogP contribution in [0.4, 0.5) is 11.4 Å². The lowest BCUT2D eigenvalue weighted by Gasteiger charge is -2.15. The molecule has 0 saturated carbocycles. The number of nitrogen functional groups attached to an aromatic ring is 1. The Morgan fingerprint density at radius 3 is 2.32 bits per heavy atom. The van der Waals surface area contributed by atoms with Crippen LogP contribution in [0.5, 0.6) is 0 Å². The Hall–Kier alpha value is -2.27. The van der Waals surface area contributed by atoms with Crippen LogP contribution in [0, 0.1) is 6.92 Å². The molecule has 1 aliphatic heterocycles. The Balaban J connectivity index is 1.79. The fourth-order valence-corrected chi connectivity index (χ4v) is 3.43. The Morgan fingerprint density at radius 2 is 1.68 bits per heavy atom. The molecule has 2 aromatic rings. The molecule has 4 nitrogen and oxygen atoms in total. The number of hydrogen-bond donors (Lipinski definition) is 1. The molecule has 22 heavy (non-hydrogen) atoms. The molecule has 1 atom stereocenters. The van der Waals surface area contributed by atoms with Crippen molar-refractivity contribution in [3.8, 4) is 0 Å². The van der Waals surface area contributed by atoms with E-state index < -0.39 is 0 Å². The van der Waals surface area contributed by atoms with Crippen LogP contribution < -0.4 is 10.6 Å². The average Bonchev–Trinajstić information content (AvgIpc) is 2.77. The van der Waals surface area contributed by atoms with E-state index in [2.05, 4.69) is 0 Å². The van der Waals surface area contributed by atoms with Gasteiger partial charge in [-0.05, 0) is 43.3 Å². The standard InChI is InChI=1S/C17H16N2O2S/c1-11-2-6-13(7-3-11)19-16(20)10-15(17(19)21)22-14-8-4-12(18)5-9-14/h2-9,15H,10,18H2,1H3/t15-/m0/s1. The van der Waals surface area contributed by atoms with Gasteiger partial charge < -0.3 is 5.73 Å². The molecule has 0 aliphatic carbocycles. The molecular weight excluding hydrogens is 296 g/mol. The van der Waals surface area contributed by atoms with Crippen LogP contribution in [0.1, 0.15) is 12.0 Å². The lowest BCUT2D eigenvalue weighted by Crippen LogP contribution is -2.31. The normalized spacial score (nSPS) is 18.0. The summed E-state index contributed by atoms with van der Waals surface area (Å²) in [5.41, 5.74) is 8.07. The van der Waals surface area contributed by atoms with Gasteiger partial charge in [0.25, 0.3) is 0 Å². The minimum Gasteiger partial charge on any atom is -0.399 e. The maximum atomic E-state index is 12.5. The molecule has 0 bridgehead atoms. The molecule has 0 spiro atoms. The van der Waals surface area contributed by atoms with E-state index in [0.717, 1.165) is 10.5 Å². The summed E-state index contributed by atoms with van der Waals surface area (Å²) in [6, 6.07) is 14.7. The minimum absolute atomic E-state index is 0.151. The number of carbonyl (C=O) groups excluding carboxylic acids is 2. The number of rotatable bonds is 3. The smallest absolute Gasteiger partial charge is 0.247 e. The SMILES string of the molecule is Cc1ccc(N2C(=O)C[C@H](Sc3ccc(N)cc3)C2=O)cc1. The Labute approximate surface area is 133 Å². The van der Waals surface area contributed by atoms with E-state index in [4.69, 9.17) is 5.73 Å². The number of carbonyl (C=O) groups is 2. The van der Waals surface area contributed by atoms with Crippen LogP contribution in [-0.4, -0.2) is 17.1 Å². The molecule has 2 amide bonds. The molecule has 112 valence electrons. The van der Waals surface area contributed by atoms with Crippen LogP contribution in [0.15, 0.2) is 53.4 Å². The second-order valence-electron chi connectivity index (χ2n) is 5.28. The van der Waals surface area contributed by atoms with Crippen LogP contribution in [-0.2, 0) is 9.59 Å². The summed E-state index contributed by atoms with van der Waals surface area (Å²) in [5, 5.41) is -0.377. The van der Waals surface area contributed by atoms with Crippen molar-refractivity contribution in [2.45, 2.75) is 23.5 Å². The van der Waals surface area contributed by atoms with Gasteiger partial charge in [0.2, 0.25) is 11.8 Å². The Bertz CT molecular complexity index is 710. The van der Waals surface area contributed by atoms with Gasteiger partial charge in [0, 0.05) is 17.0 Å². The Morgan fingerprint density at radius 1 is 1.05 bits per heavy atom. The summed E-state index contributed by atoms with van der Waals surface area (Å²) >= 11 is 1.41. The second-order valence-corrected chi connectivity index (χ2v) is 6.56. The van der Waals surface area contributed by atoms with Crippen LogP contribution in [0.25, 0.3) is 0 Å². The lowest BCUT2D eigenvalue weighted by molar-refractivity contribution is -0.121. The molecule has 0 aromatic heterocycles. The van der Waals surface area contributed by atoms with E-state index in [1.54, 1.807) is 24.3 Å². The molecule has 2 aromatic carbocycles. The number of aryl methyl sites for hydroxylation is 1. The van der Waals surface area contributed by atoms with Crippen LogP contribution in [0.3, 0.4) is 0 Å².